The van der Waals surface area contributed by atoms with Crippen LogP contribution in [0.1, 0.15) is 0 Å². The number of hydrogen-bond donors (Lipinski definition) is 0. The molecule has 2 fully saturated rings. The highest BCUT2D eigenvalue weighted by Gasteiger charge is 2.54. The lowest BCUT2D eigenvalue weighted by atomic mass is 9.96. The summed E-state index contributed by atoms with van der Waals surface area (Å²) in [5.74, 6) is -0.636. The SMILES string of the molecule is COC[C@@H]1O[C@H](OC)[C@@H](O[C@H]2O[C@@H](C(=O)OC)[C@H](OC)[C@@H](OC)[C@@H]2OC)[C@H](OC)[C@H]1OC. The Morgan fingerprint density at radius 3 is 1.66 bits per heavy atom. The highest BCUT2D eigenvalue weighted by atomic mass is 16.8. The van der Waals surface area contributed by atoms with Crippen molar-refractivity contribution in [3.63, 3.8) is 0 Å². The molecule has 12 heteroatoms. The van der Waals surface area contributed by atoms with Crippen LogP contribution in [0.4, 0.5) is 0 Å². The predicted octanol–water partition coefficient (Wildman–Crippen LogP) is -0.638. The van der Waals surface area contributed by atoms with Gasteiger partial charge in [-0.05, 0) is 0 Å². The van der Waals surface area contributed by atoms with Gasteiger partial charge in [0.1, 0.15) is 42.7 Å². The van der Waals surface area contributed by atoms with E-state index >= 15 is 0 Å². The van der Waals surface area contributed by atoms with Crippen molar-refractivity contribution in [1.29, 1.82) is 0 Å². The first kappa shape index (κ1) is 27.3. The van der Waals surface area contributed by atoms with Crippen LogP contribution in [0.5, 0.6) is 0 Å². The van der Waals surface area contributed by atoms with Crippen LogP contribution in [0.2, 0.25) is 0 Å². The van der Waals surface area contributed by atoms with Crippen molar-refractivity contribution >= 4 is 5.97 Å². The zero-order valence-electron chi connectivity index (χ0n) is 19.9. The van der Waals surface area contributed by atoms with Crippen LogP contribution >= 0.6 is 0 Å². The molecule has 0 aromatic rings. The zero-order chi connectivity index (χ0) is 23.8. The molecule has 0 aromatic carbocycles. The molecule has 0 unspecified atom stereocenters. The lowest BCUT2D eigenvalue weighted by Crippen LogP contribution is -2.66. The van der Waals surface area contributed by atoms with E-state index in [1.807, 2.05) is 0 Å². The number of methoxy groups -OCH3 is 8. The molecule has 188 valence electrons. The van der Waals surface area contributed by atoms with Crippen LogP contribution < -0.4 is 0 Å². The summed E-state index contributed by atoms with van der Waals surface area (Å²) < 4.78 is 61.9. The number of carbonyl (C=O) groups excluding carboxylic acids is 1. The van der Waals surface area contributed by atoms with Gasteiger partial charge >= 0.3 is 5.97 Å². The second-order valence-corrected chi connectivity index (χ2v) is 7.28. The fourth-order valence-electron chi connectivity index (χ4n) is 4.22. The van der Waals surface area contributed by atoms with E-state index in [9.17, 15) is 4.79 Å². The average Bonchev–Trinajstić information content (AvgIpc) is 2.82. The van der Waals surface area contributed by atoms with E-state index in [0.29, 0.717) is 0 Å². The smallest absolute Gasteiger partial charge is 0.337 e. The molecule has 0 bridgehead atoms. The van der Waals surface area contributed by atoms with Gasteiger partial charge in [0.2, 0.25) is 0 Å². The quantitative estimate of drug-likeness (QED) is 0.359. The third kappa shape index (κ3) is 5.58. The van der Waals surface area contributed by atoms with Crippen molar-refractivity contribution in [3.05, 3.63) is 0 Å². The van der Waals surface area contributed by atoms with Gasteiger partial charge in [-0.2, -0.15) is 0 Å². The topological polar surface area (TPSA) is 119 Å². The molecule has 0 amide bonds. The predicted molar refractivity (Wildman–Crippen MR) is 107 cm³/mol. The first-order valence-electron chi connectivity index (χ1n) is 10.2. The summed E-state index contributed by atoms with van der Waals surface area (Å²) in [6, 6.07) is 0. The molecular weight excluding hydrogens is 432 g/mol. The fraction of sp³-hybridized carbons (Fsp3) is 0.950. The Labute approximate surface area is 188 Å². The highest BCUT2D eigenvalue weighted by Crippen LogP contribution is 2.34. The van der Waals surface area contributed by atoms with E-state index in [2.05, 4.69) is 0 Å². The number of esters is 1. The Morgan fingerprint density at radius 1 is 0.625 bits per heavy atom. The van der Waals surface area contributed by atoms with Crippen LogP contribution in [-0.4, -0.2) is 131 Å². The second-order valence-electron chi connectivity index (χ2n) is 7.28. The number of ether oxygens (including phenoxy) is 11. The molecule has 32 heavy (non-hydrogen) atoms. The van der Waals surface area contributed by atoms with Crippen molar-refractivity contribution in [2.75, 3.05) is 63.5 Å². The summed E-state index contributed by atoms with van der Waals surface area (Å²) >= 11 is 0. The summed E-state index contributed by atoms with van der Waals surface area (Å²) in [5.41, 5.74) is 0. The molecule has 2 aliphatic rings. The lowest BCUT2D eigenvalue weighted by Gasteiger charge is -2.48. The minimum atomic E-state index is -1.11. The van der Waals surface area contributed by atoms with Gasteiger partial charge < -0.3 is 52.1 Å². The molecule has 10 atom stereocenters. The van der Waals surface area contributed by atoms with Gasteiger partial charge in [-0.25, -0.2) is 4.79 Å². The first-order valence-corrected chi connectivity index (χ1v) is 10.2. The summed E-state index contributed by atoms with van der Waals surface area (Å²) in [6.45, 7) is 0.261. The maximum Gasteiger partial charge on any atom is 0.337 e. The Morgan fingerprint density at radius 2 is 1.19 bits per heavy atom. The molecule has 12 nitrogen and oxygen atoms in total. The average molecular weight is 468 g/mol. The van der Waals surface area contributed by atoms with Gasteiger partial charge in [0.15, 0.2) is 18.7 Å². The van der Waals surface area contributed by atoms with Crippen molar-refractivity contribution in [2.24, 2.45) is 0 Å². The van der Waals surface area contributed by atoms with Crippen LogP contribution in [0.15, 0.2) is 0 Å². The number of hydrogen-bond acceptors (Lipinski definition) is 12. The molecule has 2 aliphatic heterocycles. The summed E-state index contributed by atoms with van der Waals surface area (Å²) in [6.07, 6.45) is -7.66. The minimum Gasteiger partial charge on any atom is -0.467 e. The molecule has 0 saturated carbocycles. The van der Waals surface area contributed by atoms with Crippen molar-refractivity contribution < 1.29 is 56.9 Å². The highest BCUT2D eigenvalue weighted by molar-refractivity contribution is 5.75. The number of carbonyl (C=O) groups is 1. The van der Waals surface area contributed by atoms with E-state index in [4.69, 9.17) is 52.1 Å². The molecule has 2 saturated heterocycles. The Hall–Kier alpha value is -0.930. The van der Waals surface area contributed by atoms with E-state index in [-0.39, 0.29) is 6.61 Å². The molecule has 0 aliphatic carbocycles. The van der Waals surface area contributed by atoms with Crippen molar-refractivity contribution in [3.8, 4) is 0 Å². The van der Waals surface area contributed by atoms with Gasteiger partial charge in [-0.3, -0.25) is 0 Å². The van der Waals surface area contributed by atoms with E-state index in [1.165, 1.54) is 42.7 Å². The van der Waals surface area contributed by atoms with Crippen LogP contribution in [0.25, 0.3) is 0 Å². The van der Waals surface area contributed by atoms with Gasteiger partial charge in [0.25, 0.3) is 0 Å². The minimum absolute atomic E-state index is 0.261. The van der Waals surface area contributed by atoms with E-state index in [1.54, 1.807) is 14.2 Å². The Balaban J connectivity index is 2.35. The van der Waals surface area contributed by atoms with Gasteiger partial charge in [-0.15, -0.1) is 0 Å². The van der Waals surface area contributed by atoms with Gasteiger partial charge in [-0.1, -0.05) is 0 Å². The molecule has 2 heterocycles. The fourth-order valence-corrected chi connectivity index (χ4v) is 4.22. The summed E-state index contributed by atoms with van der Waals surface area (Å²) in [4.78, 5) is 12.4. The molecule has 2 rings (SSSR count). The molecule has 0 aromatic heterocycles. The third-order valence-electron chi connectivity index (χ3n) is 5.73. The molecule has 0 N–H and O–H groups in total. The van der Waals surface area contributed by atoms with Crippen LogP contribution in [0, 0.1) is 0 Å². The maximum atomic E-state index is 12.4. The lowest BCUT2D eigenvalue weighted by molar-refractivity contribution is -0.368. The van der Waals surface area contributed by atoms with Gasteiger partial charge in [0.05, 0.1) is 13.7 Å². The van der Waals surface area contributed by atoms with E-state index in [0.717, 1.165) is 0 Å². The van der Waals surface area contributed by atoms with E-state index < -0.39 is 67.4 Å². The van der Waals surface area contributed by atoms with Crippen molar-refractivity contribution in [2.45, 2.75) is 61.4 Å². The largest absolute Gasteiger partial charge is 0.467 e. The standard InChI is InChI=1S/C20H36O12/c1-22-9-10-11(23-2)12(24-3)17(19(29-8)30-10)32-20-16(27-6)14(26-5)13(25-4)15(31-20)18(21)28-7/h10-17,19-20H,9H2,1-8H3/t10-,11-,12+,13+,14+,15+,16-,17-,19-,20+/m0/s1. The molecule has 0 spiro atoms. The molecular formula is C20H36O12. The zero-order valence-corrected chi connectivity index (χ0v) is 19.9. The third-order valence-corrected chi connectivity index (χ3v) is 5.73. The molecule has 0 radical (unpaired) electrons. The van der Waals surface area contributed by atoms with Crippen LogP contribution in [0.3, 0.4) is 0 Å². The van der Waals surface area contributed by atoms with Crippen LogP contribution in [-0.2, 0) is 56.9 Å². The Kier molecular flexibility index (Phi) is 11.2. The first-order chi connectivity index (χ1) is 15.4. The normalized spacial score (nSPS) is 40.2. The number of rotatable bonds is 11. The van der Waals surface area contributed by atoms with Gasteiger partial charge in [0, 0.05) is 49.8 Å². The monoisotopic (exact) mass is 468 g/mol. The Bertz CT molecular complexity index is 563. The summed E-state index contributed by atoms with van der Waals surface area (Å²) in [7, 11) is 11.8. The summed E-state index contributed by atoms with van der Waals surface area (Å²) in [5, 5.41) is 0. The maximum absolute atomic E-state index is 12.4. The van der Waals surface area contributed by atoms with Crippen molar-refractivity contribution in [1.82, 2.24) is 0 Å². The second kappa shape index (κ2) is 13.1.